The first-order chi connectivity index (χ1) is 16.3. The first-order valence-electron chi connectivity index (χ1n) is 11.5. The van der Waals surface area contributed by atoms with E-state index in [4.69, 9.17) is 12.2 Å². The van der Waals surface area contributed by atoms with Gasteiger partial charge in [-0.05, 0) is 66.9 Å². The van der Waals surface area contributed by atoms with Crippen molar-refractivity contribution in [3.63, 3.8) is 0 Å². The van der Waals surface area contributed by atoms with Gasteiger partial charge in [-0.1, -0.05) is 32.4 Å². The first kappa shape index (κ1) is 24.4. The third kappa shape index (κ3) is 5.32. The fraction of sp³-hybridized carbons (Fsp3) is 0.360. The van der Waals surface area contributed by atoms with Gasteiger partial charge in [0.25, 0.3) is 0 Å². The standard InChI is InChI=1S/C25H31N5O2S2/c1-18(2)19-7-9-21(10-8-19)27-25(33)28-26-16-20-17-29(3)24-12-11-22(15-23(20)24)34(31,32)30-13-5-4-6-14-30/h7-12,15-18H,4-6,13-14H2,1-3H3,(H2,27,28,33)/b26-16+. The molecule has 34 heavy (non-hydrogen) atoms. The zero-order valence-corrected chi connectivity index (χ0v) is 21.4. The van der Waals surface area contributed by atoms with E-state index in [1.54, 1.807) is 22.7 Å². The van der Waals surface area contributed by atoms with Crippen LogP contribution in [0.4, 0.5) is 5.69 Å². The van der Waals surface area contributed by atoms with E-state index >= 15 is 0 Å². The van der Waals surface area contributed by atoms with Crippen molar-refractivity contribution in [1.29, 1.82) is 0 Å². The van der Waals surface area contributed by atoms with E-state index in [2.05, 4.69) is 41.8 Å². The highest BCUT2D eigenvalue weighted by Gasteiger charge is 2.26. The van der Waals surface area contributed by atoms with Gasteiger partial charge in [0.05, 0.1) is 11.1 Å². The molecule has 7 nitrogen and oxygen atoms in total. The Balaban J connectivity index is 1.49. The number of benzene rings is 2. The Bertz CT molecular complexity index is 1310. The van der Waals surface area contributed by atoms with Crippen LogP contribution in [0.1, 0.15) is 50.2 Å². The van der Waals surface area contributed by atoms with Gasteiger partial charge >= 0.3 is 0 Å². The number of thiocarbonyl (C=S) groups is 1. The summed E-state index contributed by atoms with van der Waals surface area (Å²) in [6, 6.07) is 13.4. The number of piperidine rings is 1. The maximum absolute atomic E-state index is 13.1. The minimum absolute atomic E-state index is 0.317. The lowest BCUT2D eigenvalue weighted by Crippen LogP contribution is -2.35. The highest BCUT2D eigenvalue weighted by Crippen LogP contribution is 2.26. The van der Waals surface area contributed by atoms with Crippen LogP contribution in [0.2, 0.25) is 0 Å². The minimum Gasteiger partial charge on any atom is -0.350 e. The van der Waals surface area contributed by atoms with Crippen LogP contribution in [0.15, 0.2) is 58.7 Å². The number of aromatic nitrogens is 1. The zero-order chi connectivity index (χ0) is 24.3. The molecular formula is C25H31N5O2S2. The van der Waals surface area contributed by atoms with Crippen molar-refractivity contribution in [2.45, 2.75) is 43.9 Å². The fourth-order valence-corrected chi connectivity index (χ4v) is 5.90. The van der Waals surface area contributed by atoms with Crippen LogP contribution in [0, 0.1) is 0 Å². The van der Waals surface area contributed by atoms with Gasteiger partial charge in [-0.2, -0.15) is 9.41 Å². The van der Waals surface area contributed by atoms with Gasteiger partial charge < -0.3 is 9.88 Å². The molecule has 0 atom stereocenters. The van der Waals surface area contributed by atoms with E-state index in [0.29, 0.717) is 29.0 Å². The monoisotopic (exact) mass is 497 g/mol. The topological polar surface area (TPSA) is 78.7 Å². The fourth-order valence-electron chi connectivity index (χ4n) is 4.19. The third-order valence-corrected chi connectivity index (χ3v) is 8.24. The average Bonchev–Trinajstić information content (AvgIpc) is 3.15. The van der Waals surface area contributed by atoms with Crippen molar-refractivity contribution in [1.82, 2.24) is 14.3 Å². The number of hydrogen-bond donors (Lipinski definition) is 2. The van der Waals surface area contributed by atoms with Crippen molar-refractivity contribution >= 4 is 50.2 Å². The molecule has 2 N–H and O–H groups in total. The van der Waals surface area contributed by atoms with Crippen LogP contribution in [0.25, 0.3) is 10.9 Å². The molecule has 3 aromatic rings. The molecule has 0 unspecified atom stereocenters. The van der Waals surface area contributed by atoms with Crippen molar-refractivity contribution in [2.24, 2.45) is 12.1 Å². The van der Waals surface area contributed by atoms with Crippen LogP contribution in [0.5, 0.6) is 0 Å². The SMILES string of the molecule is CC(C)c1ccc(NC(=S)N/N=C/c2cn(C)c3ccc(S(=O)(=O)N4CCCCC4)cc23)cc1. The Morgan fingerprint density at radius 2 is 1.79 bits per heavy atom. The van der Waals surface area contributed by atoms with Crippen molar-refractivity contribution in [3.8, 4) is 0 Å². The number of hydrazone groups is 1. The quantitative estimate of drug-likeness (QED) is 0.291. The van der Waals surface area contributed by atoms with E-state index < -0.39 is 10.0 Å². The highest BCUT2D eigenvalue weighted by molar-refractivity contribution is 7.89. The lowest BCUT2D eigenvalue weighted by Gasteiger charge is -2.25. The molecule has 0 bridgehead atoms. The molecule has 0 radical (unpaired) electrons. The summed E-state index contributed by atoms with van der Waals surface area (Å²) in [6.45, 7) is 5.47. The molecule has 0 amide bonds. The van der Waals surface area contributed by atoms with Crippen LogP contribution < -0.4 is 10.7 Å². The van der Waals surface area contributed by atoms with E-state index in [9.17, 15) is 8.42 Å². The van der Waals surface area contributed by atoms with Crippen LogP contribution in [0.3, 0.4) is 0 Å². The van der Waals surface area contributed by atoms with Crippen LogP contribution >= 0.6 is 12.2 Å². The van der Waals surface area contributed by atoms with E-state index in [0.717, 1.165) is 41.4 Å². The lowest BCUT2D eigenvalue weighted by atomic mass is 10.0. The molecule has 1 aliphatic heterocycles. The molecule has 2 aromatic carbocycles. The molecule has 1 saturated heterocycles. The number of nitrogens with one attached hydrogen (secondary N) is 2. The minimum atomic E-state index is -3.50. The summed E-state index contributed by atoms with van der Waals surface area (Å²) < 4.78 is 29.8. The Labute approximate surface area is 206 Å². The smallest absolute Gasteiger partial charge is 0.243 e. The Morgan fingerprint density at radius 3 is 2.47 bits per heavy atom. The van der Waals surface area contributed by atoms with Gasteiger partial charge in [0.2, 0.25) is 10.0 Å². The Kier molecular flexibility index (Phi) is 7.35. The molecule has 1 aliphatic rings. The normalized spacial score (nSPS) is 15.3. The summed E-state index contributed by atoms with van der Waals surface area (Å²) in [5.41, 5.74) is 6.73. The van der Waals surface area contributed by atoms with Gasteiger partial charge in [-0.15, -0.1) is 0 Å². The first-order valence-corrected chi connectivity index (χ1v) is 13.4. The molecular weight excluding hydrogens is 466 g/mol. The Hall–Kier alpha value is -2.75. The molecule has 0 spiro atoms. The molecule has 4 rings (SSSR count). The summed E-state index contributed by atoms with van der Waals surface area (Å²) in [7, 11) is -1.58. The predicted octanol–water partition coefficient (Wildman–Crippen LogP) is 4.80. The van der Waals surface area contributed by atoms with Crippen molar-refractivity contribution in [2.75, 3.05) is 18.4 Å². The number of anilines is 1. The van der Waals surface area contributed by atoms with Gasteiger partial charge in [0.15, 0.2) is 5.11 Å². The van der Waals surface area contributed by atoms with Crippen LogP contribution in [-0.4, -0.2) is 41.7 Å². The summed E-state index contributed by atoms with van der Waals surface area (Å²) in [5, 5.41) is 8.60. The molecule has 1 aromatic heterocycles. The van der Waals surface area contributed by atoms with E-state index in [1.807, 2.05) is 36.0 Å². The number of aryl methyl sites for hydroxylation is 1. The third-order valence-electron chi connectivity index (χ3n) is 6.15. The molecule has 180 valence electrons. The van der Waals surface area contributed by atoms with E-state index in [-0.39, 0.29) is 0 Å². The van der Waals surface area contributed by atoms with Gasteiger partial charge in [0.1, 0.15) is 0 Å². The Morgan fingerprint density at radius 1 is 1.09 bits per heavy atom. The molecule has 0 aliphatic carbocycles. The number of nitrogens with zero attached hydrogens (tertiary/aromatic N) is 3. The summed E-state index contributed by atoms with van der Waals surface area (Å²) in [4.78, 5) is 0.317. The predicted molar refractivity (Wildman–Crippen MR) is 143 cm³/mol. The summed E-state index contributed by atoms with van der Waals surface area (Å²) in [5.74, 6) is 0.472. The molecule has 9 heteroatoms. The van der Waals surface area contributed by atoms with Crippen molar-refractivity contribution in [3.05, 3.63) is 59.8 Å². The zero-order valence-electron chi connectivity index (χ0n) is 19.8. The molecule has 2 heterocycles. The van der Waals surface area contributed by atoms with Gasteiger partial charge in [0, 0.05) is 48.5 Å². The lowest BCUT2D eigenvalue weighted by molar-refractivity contribution is 0.346. The summed E-state index contributed by atoms with van der Waals surface area (Å²) >= 11 is 5.35. The molecule has 0 saturated carbocycles. The van der Waals surface area contributed by atoms with Crippen LogP contribution in [-0.2, 0) is 17.1 Å². The maximum atomic E-state index is 13.1. The van der Waals surface area contributed by atoms with Gasteiger partial charge in [-0.25, -0.2) is 8.42 Å². The summed E-state index contributed by atoms with van der Waals surface area (Å²) in [6.07, 6.45) is 6.49. The number of sulfonamides is 1. The van der Waals surface area contributed by atoms with Crippen molar-refractivity contribution < 1.29 is 8.42 Å². The largest absolute Gasteiger partial charge is 0.350 e. The number of rotatable bonds is 6. The second-order valence-electron chi connectivity index (χ2n) is 8.94. The number of hydrogen-bond acceptors (Lipinski definition) is 4. The van der Waals surface area contributed by atoms with Gasteiger partial charge in [-0.3, -0.25) is 5.43 Å². The average molecular weight is 498 g/mol. The second kappa shape index (κ2) is 10.2. The number of fused-ring (bicyclic) bond motifs is 1. The maximum Gasteiger partial charge on any atom is 0.243 e. The van der Waals surface area contributed by atoms with E-state index in [1.165, 1.54) is 5.56 Å². The second-order valence-corrected chi connectivity index (χ2v) is 11.3. The molecule has 1 fully saturated rings. The highest BCUT2D eigenvalue weighted by atomic mass is 32.2.